The smallest absolute Gasteiger partial charge is 0.325 e. The van der Waals surface area contributed by atoms with Gasteiger partial charge in [-0.1, -0.05) is 19.8 Å². The Labute approximate surface area is 167 Å². The molecule has 0 spiro atoms. The number of carbonyl (C=O) groups is 4. The van der Waals surface area contributed by atoms with Gasteiger partial charge in [0.2, 0.25) is 5.91 Å². The maximum absolute atomic E-state index is 12.7. The zero-order chi connectivity index (χ0) is 20.5. The third kappa shape index (κ3) is 3.76. The lowest BCUT2D eigenvalue weighted by molar-refractivity contribution is -0.133. The molecule has 2 aliphatic rings. The number of amides is 5. The van der Waals surface area contributed by atoms with Crippen LogP contribution in [0.25, 0.3) is 0 Å². The third-order valence-electron chi connectivity index (χ3n) is 5.35. The largest absolute Gasteiger partial charge is 0.365 e. The molecule has 0 radical (unpaired) electrons. The molecule has 1 aliphatic heterocycles. The first-order valence-electron chi connectivity index (χ1n) is 9.65. The molecule has 1 aromatic heterocycles. The maximum Gasteiger partial charge on any atom is 0.325 e. The van der Waals surface area contributed by atoms with Gasteiger partial charge in [0.25, 0.3) is 11.8 Å². The lowest BCUT2D eigenvalue weighted by atomic mass is 9.95. The lowest BCUT2D eigenvalue weighted by Gasteiger charge is -2.21. The van der Waals surface area contributed by atoms with Gasteiger partial charge >= 0.3 is 6.03 Å². The fraction of sp³-hybridized carbons (Fsp3) is 0.579. The number of fused-ring (bicyclic) bond motifs is 1. The van der Waals surface area contributed by atoms with Crippen molar-refractivity contribution in [3.8, 4) is 0 Å². The van der Waals surface area contributed by atoms with Crippen molar-refractivity contribution >= 4 is 40.1 Å². The number of hydrogen-bond acceptors (Lipinski definition) is 5. The van der Waals surface area contributed by atoms with Gasteiger partial charge in [0.15, 0.2) is 0 Å². The van der Waals surface area contributed by atoms with Crippen LogP contribution in [0.4, 0.5) is 9.80 Å². The van der Waals surface area contributed by atoms with Crippen LogP contribution >= 0.6 is 11.3 Å². The lowest BCUT2D eigenvalue weighted by Crippen LogP contribution is -2.44. The van der Waals surface area contributed by atoms with Crippen LogP contribution < -0.4 is 16.4 Å². The summed E-state index contributed by atoms with van der Waals surface area (Å²) in [6.45, 7) is 3.29. The maximum atomic E-state index is 12.7. The summed E-state index contributed by atoms with van der Waals surface area (Å²) in [4.78, 5) is 51.3. The minimum Gasteiger partial charge on any atom is -0.365 e. The minimum absolute atomic E-state index is 0.359. The first-order chi connectivity index (χ1) is 13.3. The van der Waals surface area contributed by atoms with Crippen LogP contribution in [-0.4, -0.2) is 40.7 Å². The quantitative estimate of drug-likeness (QED) is 0.601. The number of unbranched alkanes of at least 4 members (excludes halogenated alkanes) is 1. The third-order valence-corrected chi connectivity index (χ3v) is 6.56. The van der Waals surface area contributed by atoms with Crippen molar-refractivity contribution in [2.24, 2.45) is 5.73 Å². The van der Waals surface area contributed by atoms with Crippen LogP contribution in [0.15, 0.2) is 0 Å². The average molecular weight is 407 g/mol. The summed E-state index contributed by atoms with van der Waals surface area (Å²) in [6, 6.07) is -0.570. The number of hydrogen-bond donors (Lipinski definition) is 3. The Morgan fingerprint density at radius 3 is 2.68 bits per heavy atom. The van der Waals surface area contributed by atoms with Gasteiger partial charge in [-0.3, -0.25) is 19.3 Å². The standard InChI is InChI=1S/C19H26N4O4S/c1-3-4-9-19(2)17(26)23(18(27)22-19)10-13(24)21-16-14(15(20)25)11-7-5-6-8-12(11)28-16/h3-10H2,1-2H3,(H2,20,25)(H,21,24)(H,22,27)/t19-/m0/s1. The number of rotatable bonds is 7. The number of urea groups is 1. The van der Waals surface area contributed by atoms with Gasteiger partial charge < -0.3 is 16.4 Å². The van der Waals surface area contributed by atoms with E-state index >= 15 is 0 Å². The molecule has 0 saturated carbocycles. The van der Waals surface area contributed by atoms with Crippen LogP contribution in [0.3, 0.4) is 0 Å². The molecule has 8 nitrogen and oxygen atoms in total. The summed E-state index contributed by atoms with van der Waals surface area (Å²) < 4.78 is 0. The first kappa shape index (κ1) is 20.3. The molecule has 0 aromatic carbocycles. The molecule has 5 amide bonds. The topological polar surface area (TPSA) is 122 Å². The molecule has 0 unspecified atom stereocenters. The van der Waals surface area contributed by atoms with Crippen molar-refractivity contribution in [2.75, 3.05) is 11.9 Å². The molecule has 1 aromatic rings. The summed E-state index contributed by atoms with van der Waals surface area (Å²) in [5.74, 6) is -1.50. The van der Waals surface area contributed by atoms with Crippen molar-refractivity contribution < 1.29 is 19.2 Å². The SMILES string of the molecule is CCCC[C@]1(C)NC(=O)N(CC(=O)Nc2sc3c(c2C(N)=O)CCCC3)C1=O. The van der Waals surface area contributed by atoms with E-state index in [0.717, 1.165) is 53.9 Å². The number of nitrogens with two attached hydrogens (primary N) is 1. The average Bonchev–Trinajstić information content (AvgIpc) is 3.10. The highest BCUT2D eigenvalue weighted by atomic mass is 32.1. The predicted octanol–water partition coefficient (Wildman–Crippen LogP) is 2.17. The summed E-state index contributed by atoms with van der Waals surface area (Å²) >= 11 is 1.35. The number of primary amides is 1. The van der Waals surface area contributed by atoms with Crippen LogP contribution in [0, 0.1) is 0 Å². The number of anilines is 1. The van der Waals surface area contributed by atoms with Crippen molar-refractivity contribution in [2.45, 2.75) is 64.3 Å². The van der Waals surface area contributed by atoms with E-state index < -0.39 is 35.8 Å². The van der Waals surface area contributed by atoms with E-state index in [2.05, 4.69) is 10.6 Å². The number of imide groups is 1. The van der Waals surface area contributed by atoms with E-state index in [4.69, 9.17) is 5.73 Å². The highest BCUT2D eigenvalue weighted by molar-refractivity contribution is 7.17. The number of nitrogens with one attached hydrogen (secondary N) is 2. The molecule has 1 saturated heterocycles. The second-order valence-electron chi connectivity index (χ2n) is 7.58. The van der Waals surface area contributed by atoms with Gasteiger partial charge in [-0.05, 0) is 44.6 Å². The number of thiophene rings is 1. The summed E-state index contributed by atoms with van der Waals surface area (Å²) in [6.07, 6.45) is 5.87. The van der Waals surface area contributed by atoms with E-state index in [9.17, 15) is 19.2 Å². The fourth-order valence-electron chi connectivity index (χ4n) is 3.81. The first-order valence-corrected chi connectivity index (χ1v) is 10.5. The Hall–Kier alpha value is -2.42. The number of nitrogens with zero attached hydrogens (tertiary/aromatic N) is 1. The van der Waals surface area contributed by atoms with E-state index in [0.29, 0.717) is 17.0 Å². The fourth-order valence-corrected chi connectivity index (χ4v) is 5.13. The van der Waals surface area contributed by atoms with Crippen molar-refractivity contribution in [3.05, 3.63) is 16.0 Å². The van der Waals surface area contributed by atoms with Gasteiger partial charge in [-0.2, -0.15) is 0 Å². The van der Waals surface area contributed by atoms with E-state index in [1.165, 1.54) is 11.3 Å². The van der Waals surface area contributed by atoms with E-state index in [1.807, 2.05) is 6.92 Å². The van der Waals surface area contributed by atoms with Gasteiger partial charge in [-0.15, -0.1) is 11.3 Å². The number of aryl methyl sites for hydroxylation is 1. The van der Waals surface area contributed by atoms with Crippen molar-refractivity contribution in [3.63, 3.8) is 0 Å². The zero-order valence-corrected chi connectivity index (χ0v) is 17.0. The van der Waals surface area contributed by atoms with Crippen LogP contribution in [-0.2, 0) is 22.4 Å². The molecule has 1 aliphatic carbocycles. The summed E-state index contributed by atoms with van der Waals surface area (Å²) in [7, 11) is 0. The van der Waals surface area contributed by atoms with Crippen molar-refractivity contribution in [1.82, 2.24) is 10.2 Å². The molecule has 1 atom stereocenters. The highest BCUT2D eigenvalue weighted by Gasteiger charge is 2.47. The van der Waals surface area contributed by atoms with Gasteiger partial charge in [-0.25, -0.2) is 4.79 Å². The molecule has 4 N–H and O–H groups in total. The molecular formula is C19H26N4O4S. The normalized spacial score (nSPS) is 21.4. The van der Waals surface area contributed by atoms with Crippen LogP contribution in [0.5, 0.6) is 0 Å². The van der Waals surface area contributed by atoms with E-state index in [-0.39, 0.29) is 0 Å². The Morgan fingerprint density at radius 1 is 1.29 bits per heavy atom. The van der Waals surface area contributed by atoms with Gasteiger partial charge in [0.05, 0.1) is 5.56 Å². The Kier molecular flexibility index (Phi) is 5.74. The molecule has 152 valence electrons. The van der Waals surface area contributed by atoms with Crippen LogP contribution in [0.1, 0.15) is 66.8 Å². The molecule has 9 heteroatoms. The molecule has 1 fully saturated rings. The molecule has 28 heavy (non-hydrogen) atoms. The Bertz CT molecular complexity index is 834. The second kappa shape index (κ2) is 7.90. The summed E-state index contributed by atoms with van der Waals surface area (Å²) in [5, 5.41) is 5.79. The number of carbonyl (C=O) groups excluding carboxylic acids is 4. The molecular weight excluding hydrogens is 380 g/mol. The monoisotopic (exact) mass is 406 g/mol. The molecule has 3 rings (SSSR count). The van der Waals surface area contributed by atoms with Crippen LogP contribution in [0.2, 0.25) is 0 Å². The van der Waals surface area contributed by atoms with E-state index in [1.54, 1.807) is 6.92 Å². The predicted molar refractivity (Wildman–Crippen MR) is 106 cm³/mol. The second-order valence-corrected chi connectivity index (χ2v) is 8.69. The van der Waals surface area contributed by atoms with Gasteiger partial charge in [0.1, 0.15) is 17.1 Å². The molecule has 0 bridgehead atoms. The van der Waals surface area contributed by atoms with Gasteiger partial charge in [0, 0.05) is 4.88 Å². The Morgan fingerprint density at radius 2 is 2.00 bits per heavy atom. The Balaban J connectivity index is 1.73. The zero-order valence-electron chi connectivity index (χ0n) is 16.2. The summed E-state index contributed by atoms with van der Waals surface area (Å²) in [5.41, 5.74) is 5.84. The molecule has 2 heterocycles. The minimum atomic E-state index is -0.978. The van der Waals surface area contributed by atoms with Crippen molar-refractivity contribution in [1.29, 1.82) is 0 Å². The highest BCUT2D eigenvalue weighted by Crippen LogP contribution is 2.38.